The number of pyridine rings is 1. The number of ether oxygens (including phenoxy) is 1. The molecule has 0 N–H and O–H groups in total. The number of hydrogen-bond acceptors (Lipinski definition) is 4. The van der Waals surface area contributed by atoms with Crippen molar-refractivity contribution in [2.24, 2.45) is 7.05 Å². The Morgan fingerprint density at radius 2 is 1.89 bits per heavy atom. The van der Waals surface area contributed by atoms with Crippen molar-refractivity contribution in [3.05, 3.63) is 51.9 Å². The molecule has 2 aliphatic rings. The molecule has 2 aliphatic heterocycles. The van der Waals surface area contributed by atoms with E-state index in [9.17, 15) is 9.59 Å². The van der Waals surface area contributed by atoms with E-state index in [4.69, 9.17) is 4.74 Å². The zero-order valence-corrected chi connectivity index (χ0v) is 16.2. The molecule has 1 aromatic carbocycles. The summed E-state index contributed by atoms with van der Waals surface area (Å²) in [6.07, 6.45) is 2.86. The van der Waals surface area contributed by atoms with Gasteiger partial charge in [0.2, 0.25) is 0 Å². The molecule has 142 valence electrons. The summed E-state index contributed by atoms with van der Waals surface area (Å²) < 4.78 is 7.12. The summed E-state index contributed by atoms with van der Waals surface area (Å²) in [5.41, 5.74) is 3.12. The molecule has 2 saturated heterocycles. The van der Waals surface area contributed by atoms with Crippen LogP contribution in [0.1, 0.15) is 22.3 Å². The molecule has 4 rings (SSSR count). The van der Waals surface area contributed by atoms with Gasteiger partial charge in [-0.05, 0) is 49.7 Å². The van der Waals surface area contributed by atoms with Crippen LogP contribution in [0.3, 0.4) is 0 Å². The van der Waals surface area contributed by atoms with Gasteiger partial charge in [-0.15, -0.1) is 0 Å². The molecule has 0 spiro atoms. The largest absolute Gasteiger partial charge is 0.496 e. The molecule has 6 heteroatoms. The van der Waals surface area contributed by atoms with Crippen LogP contribution in [0, 0.1) is 6.92 Å². The van der Waals surface area contributed by atoms with E-state index in [0.29, 0.717) is 29.0 Å². The van der Waals surface area contributed by atoms with Gasteiger partial charge in [0.05, 0.1) is 12.7 Å². The normalized spacial score (nSPS) is 21.7. The molecule has 2 atom stereocenters. The highest BCUT2D eigenvalue weighted by Gasteiger charge is 2.44. The molecular formula is C21H25N3O3. The minimum atomic E-state index is -0.00781. The molecule has 0 radical (unpaired) electrons. The van der Waals surface area contributed by atoms with Crippen molar-refractivity contribution in [3.8, 4) is 16.9 Å². The smallest absolute Gasteiger partial charge is 0.257 e. The molecule has 2 unspecified atom stereocenters. The fraction of sp³-hybridized carbons (Fsp3) is 0.429. The Balaban J connectivity index is 1.66. The molecule has 6 nitrogen and oxygen atoms in total. The third-order valence-electron chi connectivity index (χ3n) is 5.90. The van der Waals surface area contributed by atoms with Crippen molar-refractivity contribution in [1.29, 1.82) is 0 Å². The van der Waals surface area contributed by atoms with Crippen LogP contribution in [0.5, 0.6) is 5.75 Å². The van der Waals surface area contributed by atoms with Gasteiger partial charge in [-0.25, -0.2) is 0 Å². The van der Waals surface area contributed by atoms with Crippen LogP contribution in [0.4, 0.5) is 0 Å². The summed E-state index contributed by atoms with van der Waals surface area (Å²) >= 11 is 0. The molecule has 27 heavy (non-hydrogen) atoms. The SMILES string of the molecule is COc1cc(-c2cc(C)c(=O)n(C)c2)ccc1C(=O)N1CC2CC1CN2C. The van der Waals surface area contributed by atoms with Gasteiger partial charge in [0.15, 0.2) is 0 Å². The van der Waals surface area contributed by atoms with Crippen LogP contribution in [0.15, 0.2) is 35.3 Å². The number of piperazine rings is 1. The summed E-state index contributed by atoms with van der Waals surface area (Å²) in [4.78, 5) is 29.4. The van der Waals surface area contributed by atoms with E-state index in [1.54, 1.807) is 31.8 Å². The van der Waals surface area contributed by atoms with E-state index in [1.165, 1.54) is 0 Å². The van der Waals surface area contributed by atoms with E-state index < -0.39 is 0 Å². The minimum absolute atomic E-state index is 0.00781. The number of amides is 1. The number of benzene rings is 1. The molecular weight excluding hydrogens is 342 g/mol. The molecule has 0 aliphatic carbocycles. The second-order valence-corrected chi connectivity index (χ2v) is 7.68. The van der Waals surface area contributed by atoms with Crippen molar-refractivity contribution < 1.29 is 9.53 Å². The zero-order chi connectivity index (χ0) is 19.3. The van der Waals surface area contributed by atoms with Gasteiger partial charge in [-0.3, -0.25) is 14.5 Å². The van der Waals surface area contributed by atoms with Gasteiger partial charge < -0.3 is 14.2 Å². The van der Waals surface area contributed by atoms with Crippen molar-refractivity contribution >= 4 is 5.91 Å². The standard InChI is InChI=1S/C21H25N3O3/c1-13-7-15(10-23(3)20(13)25)14-5-6-18(19(8-14)27-4)21(26)24-12-16-9-17(24)11-22(16)2/h5-8,10,16-17H,9,11-12H2,1-4H3. The van der Waals surface area contributed by atoms with Crippen LogP contribution in [-0.2, 0) is 7.05 Å². The Morgan fingerprint density at radius 3 is 2.48 bits per heavy atom. The molecule has 1 amide bonds. The van der Waals surface area contributed by atoms with Crippen molar-refractivity contribution in [2.75, 3.05) is 27.2 Å². The summed E-state index contributed by atoms with van der Waals surface area (Å²) in [7, 11) is 5.45. The van der Waals surface area contributed by atoms with E-state index in [0.717, 1.165) is 30.6 Å². The van der Waals surface area contributed by atoms with Gasteiger partial charge in [0.1, 0.15) is 5.75 Å². The Morgan fingerprint density at radius 1 is 1.11 bits per heavy atom. The lowest BCUT2D eigenvalue weighted by Gasteiger charge is -2.32. The summed E-state index contributed by atoms with van der Waals surface area (Å²) in [6, 6.07) is 8.28. The summed E-state index contributed by atoms with van der Waals surface area (Å²) in [6.45, 7) is 3.53. The topological polar surface area (TPSA) is 54.8 Å². The first kappa shape index (κ1) is 17.8. The Labute approximate surface area is 159 Å². The van der Waals surface area contributed by atoms with Gasteiger partial charge in [0.25, 0.3) is 11.5 Å². The highest BCUT2D eigenvalue weighted by atomic mass is 16.5. The molecule has 1 aromatic heterocycles. The maximum Gasteiger partial charge on any atom is 0.257 e. The number of aromatic nitrogens is 1. The number of likely N-dealkylation sites (N-methyl/N-ethyl adjacent to an activating group) is 1. The number of methoxy groups -OCH3 is 1. The zero-order valence-electron chi connectivity index (χ0n) is 16.2. The first-order chi connectivity index (χ1) is 12.9. The van der Waals surface area contributed by atoms with Crippen molar-refractivity contribution in [1.82, 2.24) is 14.4 Å². The predicted octanol–water partition coefficient (Wildman–Crippen LogP) is 1.90. The lowest BCUT2D eigenvalue weighted by Crippen LogP contribution is -2.47. The monoisotopic (exact) mass is 367 g/mol. The number of likely N-dealkylation sites (tertiary alicyclic amines) is 2. The number of carbonyl (C=O) groups is 1. The Kier molecular flexibility index (Phi) is 4.30. The van der Waals surface area contributed by atoms with E-state index in [1.807, 2.05) is 29.2 Å². The second-order valence-electron chi connectivity index (χ2n) is 7.68. The third-order valence-corrected chi connectivity index (χ3v) is 5.90. The molecule has 2 bridgehead atoms. The molecule has 2 aromatic rings. The van der Waals surface area contributed by atoms with Crippen LogP contribution in [0.2, 0.25) is 0 Å². The van der Waals surface area contributed by atoms with Crippen molar-refractivity contribution in [3.63, 3.8) is 0 Å². The summed E-state index contributed by atoms with van der Waals surface area (Å²) in [5.74, 6) is 0.607. The first-order valence-corrected chi connectivity index (χ1v) is 9.26. The molecule has 2 fully saturated rings. The number of rotatable bonds is 3. The number of nitrogens with zero attached hydrogens (tertiary/aromatic N) is 3. The average molecular weight is 367 g/mol. The highest BCUT2D eigenvalue weighted by Crippen LogP contribution is 2.33. The number of aryl methyl sites for hydroxylation is 2. The summed E-state index contributed by atoms with van der Waals surface area (Å²) in [5, 5.41) is 0. The Bertz CT molecular complexity index is 937. The number of carbonyl (C=O) groups excluding carboxylic acids is 1. The first-order valence-electron chi connectivity index (χ1n) is 9.26. The van der Waals surface area contributed by atoms with Crippen LogP contribution >= 0.6 is 0 Å². The fourth-order valence-corrected chi connectivity index (χ4v) is 4.35. The number of hydrogen-bond donors (Lipinski definition) is 0. The Hall–Kier alpha value is -2.60. The van der Waals surface area contributed by atoms with Crippen LogP contribution in [-0.4, -0.2) is 59.6 Å². The van der Waals surface area contributed by atoms with E-state index >= 15 is 0 Å². The second kappa shape index (κ2) is 6.53. The average Bonchev–Trinajstić information content (AvgIpc) is 3.24. The molecule has 3 heterocycles. The van der Waals surface area contributed by atoms with Gasteiger partial charge in [-0.2, -0.15) is 0 Å². The van der Waals surface area contributed by atoms with Gasteiger partial charge >= 0.3 is 0 Å². The number of fused-ring (bicyclic) bond motifs is 2. The van der Waals surface area contributed by atoms with Crippen molar-refractivity contribution in [2.45, 2.75) is 25.4 Å². The van der Waals surface area contributed by atoms with Crippen LogP contribution < -0.4 is 10.3 Å². The van der Waals surface area contributed by atoms with Crippen LogP contribution in [0.25, 0.3) is 11.1 Å². The lowest BCUT2D eigenvalue weighted by atomic mass is 10.0. The minimum Gasteiger partial charge on any atom is -0.496 e. The highest BCUT2D eigenvalue weighted by molar-refractivity contribution is 5.98. The predicted molar refractivity (Wildman–Crippen MR) is 104 cm³/mol. The fourth-order valence-electron chi connectivity index (χ4n) is 4.35. The lowest BCUT2D eigenvalue weighted by molar-refractivity contribution is 0.0647. The van der Waals surface area contributed by atoms with Gasteiger partial charge in [0, 0.05) is 44.0 Å². The quantitative estimate of drug-likeness (QED) is 0.832. The van der Waals surface area contributed by atoms with E-state index in [-0.39, 0.29) is 11.5 Å². The molecule has 0 saturated carbocycles. The third kappa shape index (κ3) is 2.94. The maximum absolute atomic E-state index is 13.1. The maximum atomic E-state index is 13.1. The van der Waals surface area contributed by atoms with Gasteiger partial charge in [-0.1, -0.05) is 6.07 Å². The van der Waals surface area contributed by atoms with E-state index in [2.05, 4.69) is 11.9 Å².